The molecule has 0 aromatic rings. The molecule has 3 fully saturated rings. The molecule has 0 radical (unpaired) electrons. The van der Waals surface area contributed by atoms with Gasteiger partial charge >= 0.3 is 5.97 Å². The summed E-state index contributed by atoms with van der Waals surface area (Å²) in [5.74, 6) is 1.32. The van der Waals surface area contributed by atoms with Gasteiger partial charge in [-0.15, -0.1) is 0 Å². The van der Waals surface area contributed by atoms with Crippen LogP contribution >= 0.6 is 11.8 Å². The highest BCUT2D eigenvalue weighted by molar-refractivity contribution is 7.99. The molecule has 0 aromatic heterocycles. The summed E-state index contributed by atoms with van der Waals surface area (Å²) in [6.45, 7) is 4.23. The summed E-state index contributed by atoms with van der Waals surface area (Å²) in [7, 11) is 0. The first-order chi connectivity index (χ1) is 14.2. The van der Waals surface area contributed by atoms with E-state index >= 15 is 0 Å². The topological polar surface area (TPSA) is 91.7 Å². The molecule has 4 unspecified atom stereocenters. The van der Waals surface area contributed by atoms with Gasteiger partial charge in [0.05, 0.1) is 6.42 Å². The molecular weight excluding hydrogens is 400 g/mol. The fourth-order valence-electron chi connectivity index (χ4n) is 7.61. The first-order valence-corrected chi connectivity index (χ1v) is 12.5. The Morgan fingerprint density at radius 3 is 2.63 bits per heavy atom. The van der Waals surface area contributed by atoms with Gasteiger partial charge in [0, 0.05) is 23.3 Å². The molecule has 0 aliphatic heterocycles. The lowest BCUT2D eigenvalue weighted by atomic mass is 9.46. The zero-order valence-electron chi connectivity index (χ0n) is 18.1. The van der Waals surface area contributed by atoms with Gasteiger partial charge in [-0.05, 0) is 73.2 Å². The van der Waals surface area contributed by atoms with Crippen molar-refractivity contribution >= 4 is 29.3 Å². The Kier molecular flexibility index (Phi) is 5.95. The van der Waals surface area contributed by atoms with Crippen LogP contribution in [0.25, 0.3) is 0 Å². The van der Waals surface area contributed by atoms with E-state index in [1.807, 2.05) is 6.08 Å². The minimum absolute atomic E-state index is 0.0144. The number of carbonyl (C=O) groups excluding carboxylic acids is 2. The third-order valence-electron chi connectivity index (χ3n) is 9.15. The third-order valence-corrected chi connectivity index (χ3v) is 10.5. The number of aliphatic hydroxyl groups excluding tert-OH is 1. The van der Waals surface area contributed by atoms with Crippen LogP contribution < -0.4 is 0 Å². The van der Waals surface area contributed by atoms with Crippen LogP contribution in [0.1, 0.15) is 65.2 Å². The Balaban J connectivity index is 1.68. The lowest BCUT2D eigenvalue weighted by Crippen LogP contribution is -2.55. The van der Waals surface area contributed by atoms with Gasteiger partial charge in [-0.1, -0.05) is 19.4 Å². The normalized spacial score (nSPS) is 42.7. The number of aliphatic hydroxyl groups is 1. The molecule has 30 heavy (non-hydrogen) atoms. The fraction of sp³-hybridized carbons (Fsp3) is 0.792. The monoisotopic (exact) mass is 434 g/mol. The molecule has 166 valence electrons. The van der Waals surface area contributed by atoms with E-state index in [1.165, 1.54) is 5.57 Å². The second-order valence-corrected chi connectivity index (χ2v) is 11.7. The molecule has 4 aliphatic carbocycles. The lowest BCUT2D eigenvalue weighted by Gasteiger charge is -2.60. The molecule has 2 N–H and O–H groups in total. The van der Waals surface area contributed by atoms with Crippen molar-refractivity contribution in [3.8, 4) is 0 Å². The molecule has 4 aliphatic rings. The third kappa shape index (κ3) is 3.48. The highest BCUT2D eigenvalue weighted by Crippen LogP contribution is 2.68. The Labute approximate surface area is 183 Å². The van der Waals surface area contributed by atoms with E-state index in [0.29, 0.717) is 35.2 Å². The van der Waals surface area contributed by atoms with E-state index in [1.54, 1.807) is 11.8 Å². The van der Waals surface area contributed by atoms with Gasteiger partial charge < -0.3 is 10.2 Å². The van der Waals surface area contributed by atoms with Crippen LogP contribution in [0.15, 0.2) is 11.6 Å². The molecule has 5 nitrogen and oxygen atoms in total. The van der Waals surface area contributed by atoms with E-state index in [4.69, 9.17) is 5.11 Å². The minimum Gasteiger partial charge on any atom is -0.481 e. The maximum Gasteiger partial charge on any atom is 0.304 e. The lowest BCUT2D eigenvalue weighted by molar-refractivity contribution is -0.136. The van der Waals surface area contributed by atoms with Crippen LogP contribution in [-0.4, -0.2) is 45.4 Å². The molecule has 3 saturated carbocycles. The van der Waals surface area contributed by atoms with Crippen LogP contribution in [0.2, 0.25) is 0 Å². The van der Waals surface area contributed by atoms with Crippen LogP contribution in [0.3, 0.4) is 0 Å². The Morgan fingerprint density at radius 2 is 1.93 bits per heavy atom. The van der Waals surface area contributed by atoms with Crippen molar-refractivity contribution in [2.75, 3.05) is 12.4 Å². The summed E-state index contributed by atoms with van der Waals surface area (Å²) >= 11 is 1.76. The van der Waals surface area contributed by atoms with Crippen LogP contribution in [0, 0.1) is 34.5 Å². The van der Waals surface area contributed by atoms with Crippen molar-refractivity contribution in [1.29, 1.82) is 0 Å². The molecule has 7 atom stereocenters. The second kappa shape index (κ2) is 8.09. The smallest absolute Gasteiger partial charge is 0.304 e. The molecule has 0 aromatic carbocycles. The van der Waals surface area contributed by atoms with Crippen molar-refractivity contribution in [1.82, 2.24) is 0 Å². The number of hydrogen-bond acceptors (Lipinski definition) is 5. The number of carboxylic acids is 1. The Morgan fingerprint density at radius 1 is 1.17 bits per heavy atom. The molecule has 6 heteroatoms. The number of hydrogen-bond donors (Lipinski definition) is 2. The first kappa shape index (κ1) is 22.1. The minimum atomic E-state index is -0.769. The number of fused-ring (bicyclic) bond motifs is 5. The van der Waals surface area contributed by atoms with Crippen molar-refractivity contribution in [2.45, 2.75) is 70.5 Å². The standard InChI is InChI=1S/C24H34O5S/c1-23-8-5-15(26)11-14(23)12-20(30-10-7-21(28)29)22-17-4-3-16(19(27)13-25)24(17,2)9-6-18(22)23/h11,16-18,20,22,25H,3-10,12-13H2,1-2H3,(H,28,29)/t16-,17?,18?,20?,22?,23+,24-/m1/s1. The molecule has 0 bridgehead atoms. The Bertz CT molecular complexity index is 776. The average molecular weight is 435 g/mol. The zero-order valence-corrected chi connectivity index (χ0v) is 18.9. The number of thioether (sulfide) groups is 1. The summed E-state index contributed by atoms with van der Waals surface area (Å²) in [4.78, 5) is 35.8. The van der Waals surface area contributed by atoms with Crippen LogP contribution in [-0.2, 0) is 14.4 Å². The number of Topliss-reactive ketones (excluding diaryl/α,β-unsaturated/α-hetero) is 1. The maximum absolute atomic E-state index is 12.5. The predicted octanol–water partition coefficient (Wildman–Crippen LogP) is 3.88. The van der Waals surface area contributed by atoms with E-state index in [2.05, 4.69) is 13.8 Å². The van der Waals surface area contributed by atoms with Gasteiger partial charge in [0.1, 0.15) is 6.61 Å². The van der Waals surface area contributed by atoms with Crippen molar-refractivity contribution in [2.24, 2.45) is 34.5 Å². The van der Waals surface area contributed by atoms with Gasteiger partial charge in [0.15, 0.2) is 11.6 Å². The second-order valence-electron chi connectivity index (χ2n) is 10.4. The first-order valence-electron chi connectivity index (χ1n) is 11.4. The molecule has 0 amide bonds. The maximum atomic E-state index is 12.5. The van der Waals surface area contributed by atoms with E-state index in [9.17, 15) is 19.5 Å². The quantitative estimate of drug-likeness (QED) is 0.659. The Hall–Kier alpha value is -1.14. The predicted molar refractivity (Wildman–Crippen MR) is 116 cm³/mol. The van der Waals surface area contributed by atoms with E-state index < -0.39 is 5.97 Å². The number of ketones is 2. The summed E-state index contributed by atoms with van der Waals surface area (Å²) in [6.07, 6.45) is 8.35. The van der Waals surface area contributed by atoms with Gasteiger partial charge in [-0.3, -0.25) is 14.4 Å². The number of allylic oxidation sites excluding steroid dienone is 1. The van der Waals surface area contributed by atoms with Gasteiger partial charge in [-0.2, -0.15) is 11.8 Å². The van der Waals surface area contributed by atoms with Crippen LogP contribution in [0.4, 0.5) is 0 Å². The zero-order chi connectivity index (χ0) is 21.7. The van der Waals surface area contributed by atoms with Gasteiger partial charge in [-0.25, -0.2) is 0 Å². The van der Waals surface area contributed by atoms with E-state index in [0.717, 1.165) is 38.5 Å². The van der Waals surface area contributed by atoms with Crippen molar-refractivity contribution in [3.63, 3.8) is 0 Å². The average Bonchev–Trinajstić information content (AvgIpc) is 3.05. The molecule has 0 spiro atoms. The highest BCUT2D eigenvalue weighted by Gasteiger charge is 2.62. The summed E-state index contributed by atoms with van der Waals surface area (Å²) in [5.41, 5.74) is 1.25. The molecule has 4 rings (SSSR count). The fourth-order valence-corrected chi connectivity index (χ4v) is 9.10. The molecule has 0 saturated heterocycles. The van der Waals surface area contributed by atoms with Crippen molar-refractivity contribution < 1.29 is 24.6 Å². The molecule has 0 heterocycles. The van der Waals surface area contributed by atoms with Gasteiger partial charge in [0.25, 0.3) is 0 Å². The number of rotatable bonds is 6. The van der Waals surface area contributed by atoms with Crippen LogP contribution in [0.5, 0.6) is 0 Å². The SMILES string of the molecule is C[C@]12CCC(=O)C=C1CC(SCCC(=O)O)C1C2CC[C@@]2(C)C1CC[C@@H]2C(=O)CO. The number of carbonyl (C=O) groups is 3. The number of aliphatic carboxylic acids is 1. The highest BCUT2D eigenvalue weighted by atomic mass is 32.2. The summed E-state index contributed by atoms with van der Waals surface area (Å²) < 4.78 is 0. The van der Waals surface area contributed by atoms with Crippen molar-refractivity contribution in [3.05, 3.63) is 11.6 Å². The van der Waals surface area contributed by atoms with Gasteiger partial charge in [0.2, 0.25) is 0 Å². The molecular formula is C24H34O5S. The number of carboxylic acid groups (broad SMARTS) is 1. The summed E-state index contributed by atoms with van der Waals surface area (Å²) in [6, 6.07) is 0. The van der Waals surface area contributed by atoms with E-state index in [-0.39, 0.29) is 41.3 Å². The summed E-state index contributed by atoms with van der Waals surface area (Å²) in [5, 5.41) is 18.9. The largest absolute Gasteiger partial charge is 0.481 e.